The summed E-state index contributed by atoms with van der Waals surface area (Å²) in [6.45, 7) is 11.2. The van der Waals surface area contributed by atoms with Crippen LogP contribution in [0.3, 0.4) is 0 Å². The number of carbonyl (C=O) groups excluding carboxylic acids is 1. The second-order valence-corrected chi connectivity index (χ2v) is 8.06. The standard InChI is InChI=1S/C21H27O2P.Li.H/c1-14(2)10-11-23-18-6-8-19(9-7-18)24-21(22)20-16(4)12-15(3)13-17(20)5;;/h6-9,12-14,24H,10-11H2,1-5H3;;/q;+1;-1. The van der Waals surface area contributed by atoms with Gasteiger partial charge in [-0.15, -0.1) is 0 Å². The summed E-state index contributed by atoms with van der Waals surface area (Å²) in [6, 6.07) is 12.1. The molecule has 0 N–H and O–H groups in total. The first-order valence-electron chi connectivity index (χ1n) is 8.49. The van der Waals surface area contributed by atoms with Crippen LogP contribution in [0.15, 0.2) is 36.4 Å². The van der Waals surface area contributed by atoms with Crippen LogP contribution >= 0.6 is 8.58 Å². The Bertz CT molecular complexity index is 691. The molecule has 0 bridgehead atoms. The van der Waals surface area contributed by atoms with Gasteiger partial charge in [-0.25, -0.2) is 0 Å². The molecule has 2 rings (SSSR count). The molecule has 2 aromatic rings. The third-order valence-electron chi connectivity index (χ3n) is 3.98. The Morgan fingerprint density at radius 2 is 1.64 bits per heavy atom. The summed E-state index contributed by atoms with van der Waals surface area (Å²) in [5.41, 5.74) is 4.42. The molecule has 2 aromatic carbocycles. The molecule has 0 aliphatic rings. The van der Waals surface area contributed by atoms with Gasteiger partial charge in [-0.3, -0.25) is 4.79 Å². The van der Waals surface area contributed by atoms with Crippen LogP contribution in [-0.4, -0.2) is 12.1 Å². The zero-order chi connectivity index (χ0) is 17.7. The van der Waals surface area contributed by atoms with E-state index in [4.69, 9.17) is 4.74 Å². The van der Waals surface area contributed by atoms with Gasteiger partial charge in [-0.05, 0) is 70.3 Å². The van der Waals surface area contributed by atoms with E-state index < -0.39 is 0 Å². The van der Waals surface area contributed by atoms with Crippen LogP contribution in [0.2, 0.25) is 0 Å². The van der Waals surface area contributed by atoms with E-state index in [1.165, 1.54) is 5.56 Å². The topological polar surface area (TPSA) is 26.3 Å². The predicted octanol–water partition coefficient (Wildman–Crippen LogP) is 2.30. The minimum absolute atomic E-state index is 0. The van der Waals surface area contributed by atoms with Crippen LogP contribution in [0, 0.1) is 26.7 Å². The van der Waals surface area contributed by atoms with Gasteiger partial charge in [0.1, 0.15) is 5.75 Å². The van der Waals surface area contributed by atoms with Crippen LogP contribution in [-0.2, 0) is 0 Å². The van der Waals surface area contributed by atoms with Gasteiger partial charge in [0.2, 0.25) is 0 Å². The molecule has 0 spiro atoms. The molecule has 130 valence electrons. The van der Waals surface area contributed by atoms with Crippen LogP contribution in [0.4, 0.5) is 0 Å². The number of benzene rings is 2. The number of hydrogen-bond donors (Lipinski definition) is 0. The van der Waals surface area contributed by atoms with E-state index in [-0.39, 0.29) is 34.4 Å². The van der Waals surface area contributed by atoms with Crippen molar-refractivity contribution in [2.75, 3.05) is 6.61 Å². The molecule has 2 nitrogen and oxygen atoms in total. The van der Waals surface area contributed by atoms with Crippen molar-refractivity contribution >= 4 is 19.4 Å². The summed E-state index contributed by atoms with van der Waals surface area (Å²) >= 11 is 0. The molecule has 4 heteroatoms. The summed E-state index contributed by atoms with van der Waals surface area (Å²) < 4.78 is 5.73. The van der Waals surface area contributed by atoms with Crippen molar-refractivity contribution in [1.82, 2.24) is 0 Å². The maximum atomic E-state index is 12.7. The van der Waals surface area contributed by atoms with Crippen LogP contribution in [0.25, 0.3) is 0 Å². The maximum Gasteiger partial charge on any atom is 1.00 e. The van der Waals surface area contributed by atoms with E-state index in [1.807, 2.05) is 38.1 Å². The summed E-state index contributed by atoms with van der Waals surface area (Å²) in [5.74, 6) is 1.52. The summed E-state index contributed by atoms with van der Waals surface area (Å²) in [6.07, 6.45) is 1.05. The van der Waals surface area contributed by atoms with E-state index in [1.54, 1.807) is 0 Å². The van der Waals surface area contributed by atoms with E-state index in [9.17, 15) is 4.79 Å². The van der Waals surface area contributed by atoms with Gasteiger partial charge in [0.25, 0.3) is 0 Å². The molecule has 0 aliphatic heterocycles. The van der Waals surface area contributed by atoms with Gasteiger partial charge in [0.15, 0.2) is 5.52 Å². The number of rotatable bonds is 7. The van der Waals surface area contributed by atoms with Crippen LogP contribution < -0.4 is 28.9 Å². The largest absolute Gasteiger partial charge is 1.00 e. The first-order chi connectivity index (χ1) is 11.4. The van der Waals surface area contributed by atoms with Crippen molar-refractivity contribution in [3.8, 4) is 5.75 Å². The van der Waals surface area contributed by atoms with Crippen molar-refractivity contribution in [2.45, 2.75) is 41.0 Å². The van der Waals surface area contributed by atoms with E-state index in [2.05, 4.69) is 32.9 Å². The minimum Gasteiger partial charge on any atom is -1.00 e. The average Bonchev–Trinajstić information content (AvgIpc) is 2.47. The van der Waals surface area contributed by atoms with Gasteiger partial charge in [0.05, 0.1) is 6.61 Å². The van der Waals surface area contributed by atoms with Gasteiger partial charge in [0, 0.05) is 5.56 Å². The SMILES string of the molecule is Cc1cc(C)c(C(=O)Pc2ccc(OCCC(C)C)cc2)c(C)c1.[H-].[Li+]. The summed E-state index contributed by atoms with van der Waals surface area (Å²) in [7, 11) is 0.146. The number of hydrogen-bond acceptors (Lipinski definition) is 2. The summed E-state index contributed by atoms with van der Waals surface area (Å²) in [5, 5.41) is 1.05. The Kier molecular flexibility index (Phi) is 8.95. The smallest absolute Gasteiger partial charge is 1.00 e. The van der Waals surface area contributed by atoms with Crippen molar-refractivity contribution in [3.63, 3.8) is 0 Å². The first-order valence-corrected chi connectivity index (χ1v) is 9.49. The first kappa shape index (κ1) is 22.0. The average molecular weight is 350 g/mol. The molecule has 0 saturated carbocycles. The fraction of sp³-hybridized carbons (Fsp3) is 0.381. The Labute approximate surface area is 167 Å². The molecule has 0 heterocycles. The van der Waals surface area contributed by atoms with Crippen molar-refractivity contribution in [2.24, 2.45) is 5.92 Å². The summed E-state index contributed by atoms with van der Waals surface area (Å²) in [4.78, 5) is 12.7. The van der Waals surface area contributed by atoms with Gasteiger partial charge < -0.3 is 6.16 Å². The molecular weight excluding hydrogens is 322 g/mol. The fourth-order valence-electron chi connectivity index (χ4n) is 2.78. The quantitative estimate of drug-likeness (QED) is 0.566. The van der Waals surface area contributed by atoms with Crippen LogP contribution in [0.5, 0.6) is 5.75 Å². The Morgan fingerprint density at radius 3 is 2.16 bits per heavy atom. The fourth-order valence-corrected chi connectivity index (χ4v) is 3.89. The molecule has 1 atom stereocenters. The molecule has 0 amide bonds. The molecular formula is C21H28LiO2P. The van der Waals surface area contributed by atoms with E-state index in [0.29, 0.717) is 5.92 Å². The number of ether oxygens (including phenoxy) is 1. The van der Waals surface area contributed by atoms with Gasteiger partial charge in [-0.1, -0.05) is 43.7 Å². The van der Waals surface area contributed by atoms with Crippen molar-refractivity contribution in [1.29, 1.82) is 0 Å². The predicted molar refractivity (Wildman–Crippen MR) is 105 cm³/mol. The Hall–Kier alpha value is -1.06. The van der Waals surface area contributed by atoms with Crippen molar-refractivity contribution in [3.05, 3.63) is 58.7 Å². The normalized spacial score (nSPS) is 11.0. The van der Waals surface area contributed by atoms with E-state index in [0.717, 1.165) is 40.8 Å². The van der Waals surface area contributed by atoms with Crippen LogP contribution in [0.1, 0.15) is 48.7 Å². The Balaban J connectivity index is 0.00000312. The zero-order valence-corrected chi connectivity index (χ0v) is 17.3. The van der Waals surface area contributed by atoms with Gasteiger partial charge >= 0.3 is 18.9 Å². The van der Waals surface area contributed by atoms with Crippen molar-refractivity contribution < 1.29 is 29.8 Å². The molecule has 0 aliphatic carbocycles. The second-order valence-electron chi connectivity index (χ2n) is 6.78. The van der Waals surface area contributed by atoms with E-state index >= 15 is 0 Å². The molecule has 0 saturated heterocycles. The maximum absolute atomic E-state index is 12.7. The second kappa shape index (κ2) is 10.2. The number of aryl methyl sites for hydroxylation is 3. The third kappa shape index (κ3) is 6.63. The minimum atomic E-state index is 0. The molecule has 1 unspecified atom stereocenters. The number of carbonyl (C=O) groups is 1. The molecule has 25 heavy (non-hydrogen) atoms. The zero-order valence-electron chi connectivity index (χ0n) is 17.3. The molecule has 0 aromatic heterocycles. The van der Waals surface area contributed by atoms with Gasteiger partial charge in [-0.2, -0.15) is 0 Å². The third-order valence-corrected chi connectivity index (χ3v) is 5.08. The Morgan fingerprint density at radius 1 is 1.08 bits per heavy atom. The monoisotopic (exact) mass is 350 g/mol. The molecule has 0 radical (unpaired) electrons. The molecule has 0 fully saturated rings.